The highest BCUT2D eigenvalue weighted by atomic mass is 32.2. The number of para-hydroxylation sites is 1. The molecule has 0 heterocycles. The quantitative estimate of drug-likeness (QED) is 0.833. The number of nitrogens with zero attached hydrogens (tertiary/aromatic N) is 1. The van der Waals surface area contributed by atoms with Crippen molar-refractivity contribution in [2.45, 2.75) is 12.2 Å². The maximum absolute atomic E-state index is 12.3. The molecule has 0 unspecified atom stereocenters. The van der Waals surface area contributed by atoms with Crippen LogP contribution in [0.1, 0.15) is 11.1 Å². The zero-order valence-electron chi connectivity index (χ0n) is 12.1. The third-order valence-electron chi connectivity index (χ3n) is 3.43. The zero-order chi connectivity index (χ0) is 15.3. The number of sulfonamides is 1. The fourth-order valence-electron chi connectivity index (χ4n) is 2.04. The summed E-state index contributed by atoms with van der Waals surface area (Å²) in [4.78, 5) is 0. The summed E-state index contributed by atoms with van der Waals surface area (Å²) in [5.41, 5.74) is 8.09. The summed E-state index contributed by atoms with van der Waals surface area (Å²) < 4.78 is 26.1. The van der Waals surface area contributed by atoms with Crippen molar-refractivity contribution in [1.82, 2.24) is 4.31 Å². The standard InChI is InChI=1S/C16H20N2O2S/c1-18(12-11-14-7-3-2-4-8-14)21(19,20)13-15-9-5-6-10-16(15)17/h2-10H,11-13,17H2,1H3. The summed E-state index contributed by atoms with van der Waals surface area (Å²) in [6, 6.07) is 16.9. The van der Waals surface area contributed by atoms with Crippen LogP contribution in [0, 0.1) is 0 Å². The number of likely N-dealkylation sites (N-methyl/N-ethyl adjacent to an activating group) is 1. The molecule has 2 rings (SSSR count). The van der Waals surface area contributed by atoms with Gasteiger partial charge in [0.25, 0.3) is 0 Å². The van der Waals surface area contributed by atoms with Gasteiger partial charge in [0.15, 0.2) is 0 Å². The Balaban J connectivity index is 2.00. The maximum atomic E-state index is 12.3. The summed E-state index contributed by atoms with van der Waals surface area (Å²) in [6.45, 7) is 0.457. The van der Waals surface area contributed by atoms with Crippen molar-refractivity contribution >= 4 is 15.7 Å². The molecule has 0 saturated heterocycles. The van der Waals surface area contributed by atoms with Gasteiger partial charge in [0.05, 0.1) is 5.75 Å². The van der Waals surface area contributed by atoms with E-state index in [1.54, 1.807) is 31.3 Å². The maximum Gasteiger partial charge on any atom is 0.218 e. The first kappa shape index (κ1) is 15.5. The molecule has 0 saturated carbocycles. The van der Waals surface area contributed by atoms with Crippen LogP contribution < -0.4 is 5.73 Å². The van der Waals surface area contributed by atoms with Crippen molar-refractivity contribution < 1.29 is 8.42 Å². The Labute approximate surface area is 126 Å². The van der Waals surface area contributed by atoms with Crippen LogP contribution in [0.5, 0.6) is 0 Å². The van der Waals surface area contributed by atoms with E-state index < -0.39 is 10.0 Å². The summed E-state index contributed by atoms with van der Waals surface area (Å²) in [6.07, 6.45) is 0.695. The van der Waals surface area contributed by atoms with Gasteiger partial charge in [0.1, 0.15) is 0 Å². The van der Waals surface area contributed by atoms with Gasteiger partial charge in [-0.3, -0.25) is 0 Å². The number of benzene rings is 2. The number of hydrogen-bond donors (Lipinski definition) is 1. The van der Waals surface area contributed by atoms with Crippen LogP contribution in [0.3, 0.4) is 0 Å². The monoisotopic (exact) mass is 304 g/mol. The Kier molecular flexibility index (Phi) is 4.98. The van der Waals surface area contributed by atoms with Crippen molar-refractivity contribution in [1.29, 1.82) is 0 Å². The molecule has 0 aliphatic rings. The molecule has 112 valence electrons. The molecule has 0 spiro atoms. The van der Waals surface area contributed by atoms with Crippen LogP contribution in [0.25, 0.3) is 0 Å². The van der Waals surface area contributed by atoms with E-state index in [0.717, 1.165) is 5.56 Å². The smallest absolute Gasteiger partial charge is 0.218 e. The Bertz CT molecular complexity index is 684. The van der Waals surface area contributed by atoms with E-state index in [-0.39, 0.29) is 5.75 Å². The van der Waals surface area contributed by atoms with Gasteiger partial charge in [-0.05, 0) is 23.6 Å². The zero-order valence-corrected chi connectivity index (χ0v) is 12.9. The first-order chi connectivity index (χ1) is 9.99. The topological polar surface area (TPSA) is 63.4 Å². The summed E-state index contributed by atoms with van der Waals surface area (Å²) >= 11 is 0. The fraction of sp³-hybridized carbons (Fsp3) is 0.250. The average Bonchev–Trinajstić information content (AvgIpc) is 2.48. The largest absolute Gasteiger partial charge is 0.398 e. The van der Waals surface area contributed by atoms with Crippen LogP contribution in [0.2, 0.25) is 0 Å². The molecule has 0 atom stereocenters. The van der Waals surface area contributed by atoms with Crippen LogP contribution in [0.15, 0.2) is 54.6 Å². The molecule has 0 fully saturated rings. The lowest BCUT2D eigenvalue weighted by Gasteiger charge is -2.17. The minimum absolute atomic E-state index is 0.0645. The second-order valence-electron chi connectivity index (χ2n) is 5.01. The van der Waals surface area contributed by atoms with Gasteiger partial charge in [-0.25, -0.2) is 12.7 Å². The van der Waals surface area contributed by atoms with E-state index in [0.29, 0.717) is 24.2 Å². The van der Waals surface area contributed by atoms with E-state index in [2.05, 4.69) is 0 Å². The molecule has 0 aromatic heterocycles. The first-order valence-corrected chi connectivity index (χ1v) is 8.41. The van der Waals surface area contributed by atoms with Gasteiger partial charge >= 0.3 is 0 Å². The van der Waals surface area contributed by atoms with E-state index in [4.69, 9.17) is 5.73 Å². The van der Waals surface area contributed by atoms with Crippen molar-refractivity contribution in [3.05, 3.63) is 65.7 Å². The van der Waals surface area contributed by atoms with Crippen molar-refractivity contribution in [3.63, 3.8) is 0 Å². The number of rotatable bonds is 6. The predicted octanol–water partition coefficient (Wildman–Crippen LogP) is 2.27. The van der Waals surface area contributed by atoms with Crippen molar-refractivity contribution in [2.75, 3.05) is 19.3 Å². The molecule has 5 heteroatoms. The molecule has 2 N–H and O–H groups in total. The Hall–Kier alpha value is -1.85. The van der Waals surface area contributed by atoms with E-state index in [9.17, 15) is 8.42 Å². The van der Waals surface area contributed by atoms with Crippen molar-refractivity contribution in [2.24, 2.45) is 0 Å². The minimum atomic E-state index is -3.35. The fourth-order valence-corrected chi connectivity index (χ4v) is 3.29. The van der Waals surface area contributed by atoms with Gasteiger partial charge in [0.2, 0.25) is 10.0 Å². The highest BCUT2D eigenvalue weighted by Crippen LogP contribution is 2.16. The van der Waals surface area contributed by atoms with Gasteiger partial charge in [0, 0.05) is 19.3 Å². The Morgan fingerprint density at radius 2 is 1.62 bits per heavy atom. The van der Waals surface area contributed by atoms with E-state index in [1.807, 2.05) is 30.3 Å². The van der Waals surface area contributed by atoms with E-state index >= 15 is 0 Å². The summed E-state index contributed by atoms with van der Waals surface area (Å²) in [5, 5.41) is 0. The van der Waals surface area contributed by atoms with Crippen LogP contribution >= 0.6 is 0 Å². The van der Waals surface area contributed by atoms with Crippen LogP contribution in [-0.2, 0) is 22.2 Å². The molecule has 21 heavy (non-hydrogen) atoms. The second kappa shape index (κ2) is 6.74. The predicted molar refractivity (Wildman–Crippen MR) is 86.3 cm³/mol. The summed E-state index contributed by atoms with van der Waals surface area (Å²) in [5.74, 6) is -0.0645. The van der Waals surface area contributed by atoms with E-state index in [1.165, 1.54) is 4.31 Å². The normalized spacial score (nSPS) is 11.7. The van der Waals surface area contributed by atoms with Crippen LogP contribution in [-0.4, -0.2) is 26.3 Å². The number of nitrogens with two attached hydrogens (primary N) is 1. The molecule has 0 amide bonds. The molecule has 2 aromatic carbocycles. The molecular formula is C16H20N2O2S. The Morgan fingerprint density at radius 1 is 1.00 bits per heavy atom. The lowest BCUT2D eigenvalue weighted by Crippen LogP contribution is -2.30. The lowest BCUT2D eigenvalue weighted by molar-refractivity contribution is 0.472. The lowest BCUT2D eigenvalue weighted by atomic mass is 10.2. The SMILES string of the molecule is CN(CCc1ccccc1)S(=O)(=O)Cc1ccccc1N. The van der Waals surface area contributed by atoms with Crippen LogP contribution in [0.4, 0.5) is 5.69 Å². The number of hydrogen-bond acceptors (Lipinski definition) is 3. The highest BCUT2D eigenvalue weighted by molar-refractivity contribution is 7.88. The molecular weight excluding hydrogens is 284 g/mol. The summed E-state index contributed by atoms with van der Waals surface area (Å²) in [7, 11) is -1.74. The molecule has 0 aliphatic heterocycles. The molecule has 0 bridgehead atoms. The molecule has 4 nitrogen and oxygen atoms in total. The van der Waals surface area contributed by atoms with Crippen molar-refractivity contribution in [3.8, 4) is 0 Å². The highest BCUT2D eigenvalue weighted by Gasteiger charge is 2.19. The Morgan fingerprint density at radius 3 is 2.29 bits per heavy atom. The minimum Gasteiger partial charge on any atom is -0.398 e. The van der Waals surface area contributed by atoms with Gasteiger partial charge in [-0.1, -0.05) is 48.5 Å². The number of anilines is 1. The third-order valence-corrected chi connectivity index (χ3v) is 5.23. The average molecular weight is 304 g/mol. The van der Waals surface area contributed by atoms with Gasteiger partial charge in [-0.2, -0.15) is 0 Å². The molecule has 0 aliphatic carbocycles. The van der Waals surface area contributed by atoms with Gasteiger partial charge < -0.3 is 5.73 Å². The third kappa shape index (κ3) is 4.31. The first-order valence-electron chi connectivity index (χ1n) is 6.80. The molecule has 0 radical (unpaired) electrons. The van der Waals surface area contributed by atoms with Gasteiger partial charge in [-0.15, -0.1) is 0 Å². The second-order valence-corrected chi connectivity index (χ2v) is 7.09. The number of nitrogen functional groups attached to an aromatic ring is 1. The molecule has 2 aromatic rings.